The van der Waals surface area contributed by atoms with Gasteiger partial charge in [-0.2, -0.15) is 5.10 Å². The lowest BCUT2D eigenvalue weighted by molar-refractivity contribution is 0.0805. The zero-order valence-corrected chi connectivity index (χ0v) is 7.79. The fraction of sp³-hybridized carbons (Fsp3) is 0.571. The smallest absolute Gasteiger partial charge is 0.142 e. The van der Waals surface area contributed by atoms with Crippen LogP contribution in [0.5, 0.6) is 0 Å². The maximum atomic E-state index is 5.66. The molecule has 0 fully saturated rings. The molecule has 0 aliphatic rings. The van der Waals surface area contributed by atoms with E-state index in [2.05, 4.69) is 15.5 Å². The van der Waals surface area contributed by atoms with Crippen LogP contribution >= 0.6 is 0 Å². The van der Waals surface area contributed by atoms with E-state index in [1.807, 2.05) is 0 Å². The molecule has 13 heavy (non-hydrogen) atoms. The Hall–Kier alpha value is -1.27. The number of likely N-dealkylation sites (N-methyl/N-ethyl adjacent to an activating group) is 1. The van der Waals surface area contributed by atoms with Crippen molar-refractivity contribution in [3.8, 4) is 0 Å². The van der Waals surface area contributed by atoms with E-state index in [4.69, 9.17) is 16.2 Å². The van der Waals surface area contributed by atoms with Crippen molar-refractivity contribution in [2.75, 3.05) is 25.6 Å². The lowest BCUT2D eigenvalue weighted by Gasteiger charge is -2.12. The Kier molecular flexibility index (Phi) is 3.10. The summed E-state index contributed by atoms with van der Waals surface area (Å²) in [7, 11) is 3.42. The second kappa shape index (κ2) is 4.11. The molecule has 0 saturated carbocycles. The summed E-state index contributed by atoms with van der Waals surface area (Å²) in [5.41, 5.74) is 12.4. The van der Waals surface area contributed by atoms with E-state index in [0.717, 1.165) is 5.69 Å². The Morgan fingerprint density at radius 2 is 2.31 bits per heavy atom. The molecule has 1 rings (SSSR count). The van der Waals surface area contributed by atoms with Gasteiger partial charge in [-0.15, -0.1) is 0 Å². The molecule has 1 aromatic rings. The first-order valence-corrected chi connectivity index (χ1v) is 3.97. The quantitative estimate of drug-likeness (QED) is 0.465. The van der Waals surface area contributed by atoms with Gasteiger partial charge in [0.25, 0.3) is 0 Å². The van der Waals surface area contributed by atoms with Crippen molar-refractivity contribution in [1.82, 2.24) is 15.5 Å². The molecule has 6 N–H and O–H groups in total. The number of nitrogens with two attached hydrogens (primary N) is 2. The summed E-state index contributed by atoms with van der Waals surface area (Å²) in [6.07, 6.45) is 0.497. The largest absolute Gasteiger partial charge is 0.394 e. The van der Waals surface area contributed by atoms with Crippen molar-refractivity contribution in [2.45, 2.75) is 12.6 Å². The first-order chi connectivity index (χ1) is 6.19. The van der Waals surface area contributed by atoms with Crippen molar-refractivity contribution in [2.24, 2.45) is 0 Å². The number of anilines is 2. The Balaban J connectivity index is 2.67. The first-order valence-electron chi connectivity index (χ1n) is 3.97. The van der Waals surface area contributed by atoms with Gasteiger partial charge in [-0.3, -0.25) is 10.4 Å². The molecule has 1 aromatic heterocycles. The molecule has 0 radical (unpaired) electrons. The molecule has 0 amide bonds. The highest BCUT2D eigenvalue weighted by Gasteiger charge is 2.12. The van der Waals surface area contributed by atoms with Gasteiger partial charge in [-0.05, 0) is 7.05 Å². The van der Waals surface area contributed by atoms with Crippen molar-refractivity contribution in [3.05, 3.63) is 5.69 Å². The van der Waals surface area contributed by atoms with E-state index in [1.165, 1.54) is 0 Å². The third-order valence-electron chi connectivity index (χ3n) is 1.90. The lowest BCUT2D eigenvalue weighted by Crippen LogP contribution is -2.29. The van der Waals surface area contributed by atoms with Gasteiger partial charge in [0.15, 0.2) is 0 Å². The summed E-state index contributed by atoms with van der Waals surface area (Å²) >= 11 is 0. The highest BCUT2D eigenvalue weighted by atomic mass is 16.5. The van der Waals surface area contributed by atoms with E-state index in [1.54, 1.807) is 14.2 Å². The third-order valence-corrected chi connectivity index (χ3v) is 1.90. The minimum absolute atomic E-state index is 0.0926. The fourth-order valence-electron chi connectivity index (χ4n) is 1.04. The van der Waals surface area contributed by atoms with Crippen LogP contribution in [-0.2, 0) is 11.2 Å². The summed E-state index contributed by atoms with van der Waals surface area (Å²) in [5, 5.41) is 9.53. The van der Waals surface area contributed by atoms with Gasteiger partial charge in [0.2, 0.25) is 0 Å². The monoisotopic (exact) mass is 185 g/mol. The number of methoxy groups -OCH3 is 1. The predicted molar refractivity (Wildman–Crippen MR) is 51.0 cm³/mol. The van der Waals surface area contributed by atoms with Gasteiger partial charge in [-0.25, -0.2) is 0 Å². The van der Waals surface area contributed by atoms with Crippen LogP contribution < -0.4 is 16.8 Å². The second-order valence-corrected chi connectivity index (χ2v) is 2.71. The molecule has 6 heteroatoms. The molecule has 6 nitrogen and oxygen atoms in total. The number of nitrogen functional groups attached to an aromatic ring is 2. The van der Waals surface area contributed by atoms with Gasteiger partial charge in [0.1, 0.15) is 12.0 Å². The third kappa shape index (κ3) is 2.10. The summed E-state index contributed by atoms with van der Waals surface area (Å²) < 4.78 is 5.11. The number of nitrogens with one attached hydrogen (secondary N) is 2. The molecule has 0 aromatic carbocycles. The van der Waals surface area contributed by atoms with Crippen molar-refractivity contribution in [1.29, 1.82) is 0 Å². The van der Waals surface area contributed by atoms with E-state index < -0.39 is 0 Å². The summed E-state index contributed by atoms with van der Waals surface area (Å²) in [4.78, 5) is 0. The lowest BCUT2D eigenvalue weighted by atomic mass is 10.2. The van der Waals surface area contributed by atoms with Crippen molar-refractivity contribution >= 4 is 11.5 Å². The molecule has 0 bridgehead atoms. The van der Waals surface area contributed by atoms with Crippen LogP contribution in [0.1, 0.15) is 5.69 Å². The summed E-state index contributed by atoms with van der Waals surface area (Å²) in [6.45, 7) is 0. The molecule has 74 valence electrons. The molecule has 1 unspecified atom stereocenters. The Morgan fingerprint density at radius 3 is 2.69 bits per heavy atom. The molecule has 0 spiro atoms. The van der Waals surface area contributed by atoms with E-state index >= 15 is 0 Å². The summed E-state index contributed by atoms with van der Waals surface area (Å²) in [6, 6.07) is 0. The number of aromatic amines is 1. The van der Waals surface area contributed by atoms with Crippen LogP contribution in [0.15, 0.2) is 0 Å². The molecule has 0 saturated heterocycles. The first kappa shape index (κ1) is 9.82. The minimum Gasteiger partial charge on any atom is -0.394 e. The van der Waals surface area contributed by atoms with Gasteiger partial charge >= 0.3 is 0 Å². The normalized spacial score (nSPS) is 13.1. The SMILES string of the molecule is CNC(Cc1n[nH]c(N)c1N)OC. The maximum absolute atomic E-state index is 5.66. The van der Waals surface area contributed by atoms with Gasteiger partial charge in [0.05, 0.1) is 11.4 Å². The van der Waals surface area contributed by atoms with Crippen molar-refractivity contribution < 1.29 is 4.74 Å². The van der Waals surface area contributed by atoms with Gasteiger partial charge in [-0.1, -0.05) is 0 Å². The number of rotatable bonds is 4. The standard InChI is InChI=1S/C7H15N5O/c1-10-5(13-2)3-4-6(8)7(9)12-11-4/h5,10H,3,8H2,1-2H3,(H3,9,11,12). The van der Waals surface area contributed by atoms with Crippen LogP contribution in [0.25, 0.3) is 0 Å². The molecule has 1 atom stereocenters. The van der Waals surface area contributed by atoms with Crippen LogP contribution in [0.4, 0.5) is 11.5 Å². The van der Waals surface area contributed by atoms with Crippen LogP contribution in [-0.4, -0.2) is 30.6 Å². The molecular weight excluding hydrogens is 170 g/mol. The topological polar surface area (TPSA) is 102 Å². The van der Waals surface area contributed by atoms with Gasteiger partial charge in [0, 0.05) is 13.5 Å². The van der Waals surface area contributed by atoms with Crippen molar-refractivity contribution in [3.63, 3.8) is 0 Å². The van der Waals surface area contributed by atoms with E-state index in [-0.39, 0.29) is 6.23 Å². The highest BCUT2D eigenvalue weighted by molar-refractivity contribution is 5.61. The summed E-state index contributed by atoms with van der Waals surface area (Å²) in [5.74, 6) is 0.404. The molecule has 1 heterocycles. The average Bonchev–Trinajstić information content (AvgIpc) is 2.45. The Bertz CT molecular complexity index is 268. The minimum atomic E-state index is -0.0926. The fourth-order valence-corrected chi connectivity index (χ4v) is 1.04. The zero-order chi connectivity index (χ0) is 9.84. The second-order valence-electron chi connectivity index (χ2n) is 2.71. The van der Waals surface area contributed by atoms with Crippen LogP contribution in [0.2, 0.25) is 0 Å². The Labute approximate surface area is 76.6 Å². The zero-order valence-electron chi connectivity index (χ0n) is 7.79. The average molecular weight is 185 g/mol. The molecule has 0 aliphatic heterocycles. The Morgan fingerprint density at radius 1 is 1.62 bits per heavy atom. The van der Waals surface area contributed by atoms with E-state index in [0.29, 0.717) is 17.9 Å². The van der Waals surface area contributed by atoms with Gasteiger partial charge < -0.3 is 16.2 Å². The van der Waals surface area contributed by atoms with E-state index in [9.17, 15) is 0 Å². The number of ether oxygens (including phenoxy) is 1. The van der Waals surface area contributed by atoms with Crippen LogP contribution in [0.3, 0.4) is 0 Å². The highest BCUT2D eigenvalue weighted by Crippen LogP contribution is 2.16. The number of nitrogens with zero attached hydrogens (tertiary/aromatic N) is 1. The number of hydrogen-bond acceptors (Lipinski definition) is 5. The predicted octanol–water partition coefficient (Wildman–Crippen LogP) is -0.692. The van der Waals surface area contributed by atoms with Crippen LogP contribution in [0, 0.1) is 0 Å². The number of H-pyrrole nitrogens is 1. The number of hydrogen-bond donors (Lipinski definition) is 4. The molecule has 0 aliphatic carbocycles. The number of aromatic nitrogens is 2. The molecular formula is C7H15N5O. The maximum Gasteiger partial charge on any atom is 0.142 e.